The molecule has 1 fully saturated rings. The molecule has 1 saturated heterocycles. The molecule has 11 heteroatoms. The first-order valence-corrected chi connectivity index (χ1v) is 11.6. The van der Waals surface area contributed by atoms with Crippen molar-refractivity contribution >= 4 is 74.1 Å². The maximum absolute atomic E-state index is 12.8. The first-order valence-electron chi connectivity index (χ1n) is 9.59. The monoisotopic (exact) mass is 552 g/mol. The molecule has 0 atom stereocenters. The summed E-state index contributed by atoms with van der Waals surface area (Å²) in [5, 5.41) is 2.14. The summed E-state index contributed by atoms with van der Waals surface area (Å²) in [6.07, 6.45) is 1.56. The minimum atomic E-state index is -0.661. The average molecular weight is 554 g/mol. The molecular formula is C22H18BrClN2O6S. The van der Waals surface area contributed by atoms with Crippen LogP contribution in [0.1, 0.15) is 22.8 Å². The molecule has 2 aromatic carbocycles. The maximum atomic E-state index is 12.8. The summed E-state index contributed by atoms with van der Waals surface area (Å²) < 4.78 is 11.0. The molecule has 0 radical (unpaired) electrons. The second kappa shape index (κ2) is 10.9. The lowest BCUT2D eigenvalue weighted by Crippen LogP contribution is -2.36. The lowest BCUT2D eigenvalue weighted by atomic mass is 10.2. The Balaban J connectivity index is 1.74. The number of anilines is 1. The highest BCUT2D eigenvalue weighted by Crippen LogP contribution is 2.35. The number of thioether (sulfide) groups is 1. The molecule has 0 aliphatic carbocycles. The third-order valence-electron chi connectivity index (χ3n) is 4.39. The van der Waals surface area contributed by atoms with E-state index in [1.54, 1.807) is 24.3 Å². The Morgan fingerprint density at radius 3 is 2.67 bits per heavy atom. The van der Waals surface area contributed by atoms with Gasteiger partial charge in [0.15, 0.2) is 0 Å². The van der Waals surface area contributed by atoms with E-state index in [9.17, 15) is 19.2 Å². The number of esters is 1. The van der Waals surface area contributed by atoms with Crippen LogP contribution in [-0.4, -0.2) is 48.2 Å². The van der Waals surface area contributed by atoms with E-state index in [-0.39, 0.29) is 21.2 Å². The van der Waals surface area contributed by atoms with E-state index >= 15 is 0 Å². The van der Waals surface area contributed by atoms with E-state index in [4.69, 9.17) is 16.3 Å². The van der Waals surface area contributed by atoms with Crippen molar-refractivity contribution in [2.75, 3.05) is 25.6 Å². The van der Waals surface area contributed by atoms with Crippen LogP contribution in [0.2, 0.25) is 5.02 Å². The van der Waals surface area contributed by atoms with Gasteiger partial charge in [0.1, 0.15) is 12.3 Å². The average Bonchev–Trinajstić information content (AvgIpc) is 3.03. The van der Waals surface area contributed by atoms with E-state index in [0.717, 1.165) is 21.1 Å². The molecule has 0 unspecified atom stereocenters. The van der Waals surface area contributed by atoms with Crippen LogP contribution in [0.5, 0.6) is 5.75 Å². The van der Waals surface area contributed by atoms with Crippen LogP contribution >= 0.6 is 39.3 Å². The van der Waals surface area contributed by atoms with Crippen molar-refractivity contribution in [2.45, 2.75) is 6.92 Å². The van der Waals surface area contributed by atoms with E-state index in [2.05, 4.69) is 26.0 Å². The van der Waals surface area contributed by atoms with Crippen LogP contribution in [0.4, 0.5) is 10.5 Å². The van der Waals surface area contributed by atoms with Crippen LogP contribution in [0, 0.1) is 0 Å². The largest absolute Gasteiger partial charge is 0.493 e. The first-order chi connectivity index (χ1) is 15.7. The van der Waals surface area contributed by atoms with Crippen LogP contribution in [-0.2, 0) is 14.3 Å². The molecule has 3 rings (SSSR count). The summed E-state index contributed by atoms with van der Waals surface area (Å²) in [6, 6.07) is 9.60. The number of nitrogens with one attached hydrogen (secondary N) is 1. The fourth-order valence-corrected chi connectivity index (χ4v) is 4.31. The first kappa shape index (κ1) is 24.8. The summed E-state index contributed by atoms with van der Waals surface area (Å²) in [5.41, 5.74) is 0.964. The topological polar surface area (TPSA) is 102 Å². The highest BCUT2D eigenvalue weighted by Gasteiger charge is 2.36. The molecule has 0 spiro atoms. The Morgan fingerprint density at radius 1 is 1.21 bits per heavy atom. The Morgan fingerprint density at radius 2 is 1.97 bits per heavy atom. The SMILES string of the molecule is CCOc1ccc(Br)cc1/C=C1/SC(=O)N(CC(=O)Nc2ccc(Cl)c(C(=O)OC)c2)C1=O. The minimum absolute atomic E-state index is 0.0743. The third-order valence-corrected chi connectivity index (χ3v) is 6.12. The normalized spacial score (nSPS) is 14.5. The number of hydrogen-bond donors (Lipinski definition) is 1. The van der Waals surface area contributed by atoms with Crippen molar-refractivity contribution in [1.29, 1.82) is 0 Å². The van der Waals surface area contributed by atoms with E-state index in [1.165, 1.54) is 25.3 Å². The molecule has 8 nitrogen and oxygen atoms in total. The highest BCUT2D eigenvalue weighted by atomic mass is 79.9. The predicted molar refractivity (Wildman–Crippen MR) is 129 cm³/mol. The van der Waals surface area contributed by atoms with Crippen molar-refractivity contribution in [2.24, 2.45) is 0 Å². The zero-order valence-electron chi connectivity index (χ0n) is 17.5. The fraction of sp³-hybridized carbons (Fsp3) is 0.182. The van der Waals surface area contributed by atoms with Gasteiger partial charge in [-0.15, -0.1) is 0 Å². The van der Waals surface area contributed by atoms with Crippen molar-refractivity contribution in [1.82, 2.24) is 4.90 Å². The lowest BCUT2D eigenvalue weighted by Gasteiger charge is -2.13. The van der Waals surface area contributed by atoms with Crippen molar-refractivity contribution in [3.05, 3.63) is 61.9 Å². The van der Waals surface area contributed by atoms with E-state index < -0.39 is 29.6 Å². The van der Waals surface area contributed by atoms with Crippen LogP contribution in [0.25, 0.3) is 6.08 Å². The number of hydrogen-bond acceptors (Lipinski definition) is 7. The molecule has 0 saturated carbocycles. The van der Waals surface area contributed by atoms with E-state index in [1.807, 2.05) is 6.92 Å². The van der Waals surface area contributed by atoms with Crippen molar-refractivity contribution < 1.29 is 28.7 Å². The zero-order valence-corrected chi connectivity index (χ0v) is 20.7. The number of ether oxygens (including phenoxy) is 2. The third kappa shape index (κ3) is 5.95. The van der Waals surface area contributed by atoms with Gasteiger partial charge in [0, 0.05) is 15.7 Å². The molecule has 0 aromatic heterocycles. The number of amides is 3. The van der Waals surface area contributed by atoms with Gasteiger partial charge >= 0.3 is 5.97 Å². The van der Waals surface area contributed by atoms with Gasteiger partial charge in [0.2, 0.25) is 5.91 Å². The number of imide groups is 1. The molecular weight excluding hydrogens is 536 g/mol. The molecule has 0 bridgehead atoms. The summed E-state index contributed by atoms with van der Waals surface area (Å²) in [4.78, 5) is 50.5. The maximum Gasteiger partial charge on any atom is 0.339 e. The number of nitrogens with zero attached hydrogens (tertiary/aromatic N) is 1. The number of carbonyl (C=O) groups excluding carboxylic acids is 4. The summed E-state index contributed by atoms with van der Waals surface area (Å²) in [6.45, 7) is 1.79. The van der Waals surface area contributed by atoms with Gasteiger partial charge in [-0.05, 0) is 61.2 Å². The Bertz CT molecular complexity index is 1170. The minimum Gasteiger partial charge on any atom is -0.493 e. The summed E-state index contributed by atoms with van der Waals surface area (Å²) in [7, 11) is 1.21. The molecule has 33 heavy (non-hydrogen) atoms. The standard InChI is InChI=1S/C22H18BrClN2O6S/c1-3-32-17-7-4-13(23)8-12(17)9-18-20(28)26(22(30)33-18)11-19(27)25-14-5-6-16(24)15(10-14)21(29)31-2/h4-10H,3,11H2,1-2H3,(H,25,27)/b18-9+. The van der Waals surface area contributed by atoms with Crippen molar-refractivity contribution in [3.63, 3.8) is 0 Å². The Hall–Kier alpha value is -2.82. The molecule has 172 valence electrons. The molecule has 1 aliphatic rings. The number of benzene rings is 2. The fourth-order valence-electron chi connectivity index (χ4n) is 2.91. The van der Waals surface area contributed by atoms with Gasteiger partial charge in [-0.3, -0.25) is 19.3 Å². The van der Waals surface area contributed by atoms with Gasteiger partial charge in [-0.2, -0.15) is 0 Å². The Kier molecular flexibility index (Phi) is 8.17. The summed E-state index contributed by atoms with van der Waals surface area (Å²) in [5.74, 6) is -1.30. The number of rotatable bonds is 7. The molecule has 1 aliphatic heterocycles. The van der Waals surface area contributed by atoms with Crippen molar-refractivity contribution in [3.8, 4) is 5.75 Å². The quantitative estimate of drug-likeness (QED) is 0.382. The van der Waals surface area contributed by atoms with Crippen LogP contribution in [0.3, 0.4) is 0 Å². The highest BCUT2D eigenvalue weighted by molar-refractivity contribution is 9.10. The van der Waals surface area contributed by atoms with Gasteiger partial charge < -0.3 is 14.8 Å². The number of methoxy groups -OCH3 is 1. The van der Waals surface area contributed by atoms with Gasteiger partial charge in [-0.1, -0.05) is 27.5 Å². The molecule has 2 aromatic rings. The molecule has 1 heterocycles. The number of carbonyl (C=O) groups is 4. The van der Waals surface area contributed by atoms with Gasteiger partial charge in [-0.25, -0.2) is 4.79 Å². The van der Waals surface area contributed by atoms with E-state index in [0.29, 0.717) is 17.9 Å². The number of halogens is 2. The molecule has 1 N–H and O–H groups in total. The van der Waals surface area contributed by atoms with Crippen LogP contribution in [0.15, 0.2) is 45.8 Å². The predicted octanol–water partition coefficient (Wildman–Crippen LogP) is 4.96. The second-order valence-electron chi connectivity index (χ2n) is 6.62. The summed E-state index contributed by atoms with van der Waals surface area (Å²) >= 11 is 10.1. The van der Waals surface area contributed by atoms with Crippen LogP contribution < -0.4 is 10.1 Å². The lowest BCUT2D eigenvalue weighted by molar-refractivity contribution is -0.127. The molecule has 3 amide bonds. The second-order valence-corrected chi connectivity index (χ2v) is 8.93. The van der Waals surface area contributed by atoms with Gasteiger partial charge in [0.25, 0.3) is 11.1 Å². The Labute approximate surface area is 207 Å². The van der Waals surface area contributed by atoms with Gasteiger partial charge in [0.05, 0.1) is 29.2 Å². The smallest absolute Gasteiger partial charge is 0.339 e. The zero-order chi connectivity index (χ0) is 24.1.